The molecule has 0 radical (unpaired) electrons. The fourth-order valence-electron chi connectivity index (χ4n) is 5.37. The van der Waals surface area contributed by atoms with Crippen molar-refractivity contribution in [3.63, 3.8) is 0 Å². The normalized spacial score (nSPS) is 18.1. The molecule has 8 heteroatoms. The van der Waals surface area contributed by atoms with E-state index in [-0.39, 0.29) is 11.8 Å². The third-order valence-corrected chi connectivity index (χ3v) is 7.47. The van der Waals surface area contributed by atoms with Gasteiger partial charge in [-0.25, -0.2) is 14.2 Å². The summed E-state index contributed by atoms with van der Waals surface area (Å²) >= 11 is 0. The van der Waals surface area contributed by atoms with E-state index >= 15 is 4.39 Å². The lowest BCUT2D eigenvalue weighted by atomic mass is 9.63. The van der Waals surface area contributed by atoms with E-state index in [9.17, 15) is 9.90 Å². The molecule has 1 aliphatic heterocycles. The van der Waals surface area contributed by atoms with Gasteiger partial charge in [-0.05, 0) is 70.8 Å². The van der Waals surface area contributed by atoms with Crippen LogP contribution in [0.5, 0.6) is 5.88 Å². The zero-order valence-corrected chi connectivity index (χ0v) is 22.9. The predicted molar refractivity (Wildman–Crippen MR) is 141 cm³/mol. The molecule has 0 aromatic carbocycles. The molecule has 2 aliphatic rings. The molecule has 1 saturated heterocycles. The Morgan fingerprint density at radius 1 is 1.16 bits per heavy atom. The number of carboxylic acid groups (broad SMARTS) is 1. The lowest BCUT2D eigenvalue weighted by Gasteiger charge is -2.49. The van der Waals surface area contributed by atoms with Crippen molar-refractivity contribution in [1.82, 2.24) is 9.97 Å². The number of carbonyl (C=O) groups is 1. The summed E-state index contributed by atoms with van der Waals surface area (Å²) in [6.45, 7) is 13.3. The summed E-state index contributed by atoms with van der Waals surface area (Å²) in [5.41, 5.74) is 2.75. The highest BCUT2D eigenvalue weighted by atomic mass is 19.1. The number of pyridine rings is 2. The van der Waals surface area contributed by atoms with Crippen LogP contribution in [0.15, 0.2) is 18.5 Å². The van der Waals surface area contributed by atoms with E-state index in [1.807, 2.05) is 41.5 Å². The standard InChI is InChI=1S/C29H40FN3O4/c1-18(2)17-36-26-22(30)14-20(15-32-26)21-16-31-19(3)23(25(27(34)35)37-28(4,5)6)24(21)33-12-10-29(11-13-33)8-7-9-29/h14-16,18,25H,7-13,17H2,1-6H3,(H,34,35)/t25-/m0/s1. The van der Waals surface area contributed by atoms with Crippen molar-refractivity contribution in [1.29, 1.82) is 0 Å². The number of aromatic nitrogens is 2. The Labute approximate surface area is 219 Å². The highest BCUT2D eigenvalue weighted by molar-refractivity contribution is 5.86. The number of piperidine rings is 1. The highest BCUT2D eigenvalue weighted by Gasteiger charge is 2.41. The first-order valence-electron chi connectivity index (χ1n) is 13.3. The van der Waals surface area contributed by atoms with Gasteiger partial charge in [-0.1, -0.05) is 20.3 Å². The van der Waals surface area contributed by atoms with Gasteiger partial charge in [-0.15, -0.1) is 0 Å². The summed E-state index contributed by atoms with van der Waals surface area (Å²) in [6.07, 6.45) is 7.97. The molecule has 1 spiro atoms. The molecule has 0 amide bonds. The molecule has 4 rings (SSSR count). The maximum absolute atomic E-state index is 15.1. The number of rotatable bonds is 8. The van der Waals surface area contributed by atoms with Crippen molar-refractivity contribution in [2.45, 2.75) is 85.4 Å². The highest BCUT2D eigenvalue weighted by Crippen LogP contribution is 2.51. The molecule has 1 saturated carbocycles. The zero-order valence-electron chi connectivity index (χ0n) is 22.9. The Bertz CT molecular complexity index is 1130. The summed E-state index contributed by atoms with van der Waals surface area (Å²) < 4.78 is 26.7. The lowest BCUT2D eigenvalue weighted by Crippen LogP contribution is -2.44. The number of nitrogens with zero attached hydrogens (tertiary/aromatic N) is 3. The van der Waals surface area contributed by atoms with Gasteiger partial charge in [-0.2, -0.15) is 0 Å². The third-order valence-electron chi connectivity index (χ3n) is 7.47. The van der Waals surface area contributed by atoms with Crippen LogP contribution in [0, 0.1) is 24.1 Å². The van der Waals surface area contributed by atoms with Gasteiger partial charge in [0, 0.05) is 47.9 Å². The minimum Gasteiger partial charge on any atom is -0.479 e. The summed E-state index contributed by atoms with van der Waals surface area (Å²) in [7, 11) is 0. The molecule has 0 bridgehead atoms. The van der Waals surface area contributed by atoms with E-state index in [1.165, 1.54) is 25.3 Å². The van der Waals surface area contributed by atoms with E-state index in [2.05, 4.69) is 14.9 Å². The van der Waals surface area contributed by atoms with Crippen LogP contribution < -0.4 is 9.64 Å². The molecule has 2 fully saturated rings. The third kappa shape index (κ3) is 6.06. The Kier molecular flexibility index (Phi) is 7.79. The fraction of sp³-hybridized carbons (Fsp3) is 0.621. The van der Waals surface area contributed by atoms with Crippen molar-refractivity contribution >= 4 is 11.7 Å². The summed E-state index contributed by atoms with van der Waals surface area (Å²) in [5.74, 6) is -1.43. The van der Waals surface area contributed by atoms with Gasteiger partial charge in [0.1, 0.15) is 0 Å². The van der Waals surface area contributed by atoms with Crippen molar-refractivity contribution in [3.8, 4) is 17.0 Å². The molecule has 3 heterocycles. The number of hydrogen-bond donors (Lipinski definition) is 1. The zero-order chi connectivity index (χ0) is 27.0. The van der Waals surface area contributed by atoms with E-state index in [1.54, 1.807) is 12.4 Å². The second kappa shape index (κ2) is 10.6. The number of hydrogen-bond acceptors (Lipinski definition) is 6. The van der Waals surface area contributed by atoms with Gasteiger partial charge >= 0.3 is 5.97 Å². The van der Waals surface area contributed by atoms with Crippen molar-refractivity contribution in [2.24, 2.45) is 11.3 Å². The topological polar surface area (TPSA) is 84.8 Å². The van der Waals surface area contributed by atoms with E-state index in [0.717, 1.165) is 31.6 Å². The van der Waals surface area contributed by atoms with E-state index < -0.39 is 23.5 Å². The molecular weight excluding hydrogens is 473 g/mol. The Balaban J connectivity index is 1.81. The van der Waals surface area contributed by atoms with Crippen LogP contribution in [0.25, 0.3) is 11.1 Å². The Hall–Kier alpha value is -2.74. The molecular formula is C29H40FN3O4. The first-order valence-corrected chi connectivity index (χ1v) is 13.3. The average Bonchev–Trinajstić information content (AvgIpc) is 2.80. The van der Waals surface area contributed by atoms with Crippen LogP contribution in [0.4, 0.5) is 10.1 Å². The first kappa shape index (κ1) is 27.3. The largest absolute Gasteiger partial charge is 0.479 e. The molecule has 7 nitrogen and oxygen atoms in total. The molecule has 1 N–H and O–H groups in total. The van der Waals surface area contributed by atoms with Gasteiger partial charge < -0.3 is 19.5 Å². The minimum atomic E-state index is -1.21. The predicted octanol–water partition coefficient (Wildman–Crippen LogP) is 6.34. The van der Waals surface area contributed by atoms with Crippen molar-refractivity contribution < 1.29 is 23.8 Å². The van der Waals surface area contributed by atoms with Crippen molar-refractivity contribution in [2.75, 3.05) is 24.6 Å². The number of aryl methyl sites for hydroxylation is 1. The van der Waals surface area contributed by atoms with Gasteiger partial charge in [-0.3, -0.25) is 4.98 Å². The Morgan fingerprint density at radius 3 is 2.35 bits per heavy atom. The van der Waals surface area contributed by atoms with E-state index in [4.69, 9.17) is 9.47 Å². The summed E-state index contributed by atoms with van der Waals surface area (Å²) in [6, 6.07) is 1.40. The molecule has 37 heavy (non-hydrogen) atoms. The van der Waals surface area contributed by atoms with Crippen LogP contribution in [0.3, 0.4) is 0 Å². The maximum atomic E-state index is 15.1. The number of ether oxygens (including phenoxy) is 2. The number of carboxylic acids is 1. The van der Waals surface area contributed by atoms with Crippen LogP contribution in [0.1, 0.15) is 84.1 Å². The summed E-state index contributed by atoms with van der Waals surface area (Å²) in [4.78, 5) is 23.6. The second-order valence-corrected chi connectivity index (χ2v) is 12.0. The Morgan fingerprint density at radius 2 is 1.84 bits per heavy atom. The fourth-order valence-corrected chi connectivity index (χ4v) is 5.37. The molecule has 2 aromatic heterocycles. The van der Waals surface area contributed by atoms with Gasteiger partial charge in [0.05, 0.1) is 17.9 Å². The second-order valence-electron chi connectivity index (χ2n) is 12.0. The van der Waals surface area contributed by atoms with Crippen molar-refractivity contribution in [3.05, 3.63) is 35.5 Å². The van der Waals surface area contributed by atoms with Crippen LogP contribution in [-0.4, -0.2) is 46.3 Å². The monoisotopic (exact) mass is 513 g/mol. The van der Waals surface area contributed by atoms with Crippen LogP contribution in [-0.2, 0) is 9.53 Å². The number of aliphatic carboxylic acids is 1. The SMILES string of the molecule is Cc1ncc(-c2cnc(OCC(C)C)c(F)c2)c(N2CCC3(CCC3)CC2)c1[C@H](OC(C)(C)C)C(=O)O. The molecule has 1 aliphatic carbocycles. The first-order chi connectivity index (χ1) is 17.4. The molecule has 0 unspecified atom stereocenters. The minimum absolute atomic E-state index is 0.0383. The molecule has 1 atom stereocenters. The number of anilines is 1. The van der Waals surface area contributed by atoms with Gasteiger partial charge in [0.2, 0.25) is 5.88 Å². The average molecular weight is 514 g/mol. The van der Waals surface area contributed by atoms with E-state index in [0.29, 0.717) is 34.4 Å². The van der Waals surface area contributed by atoms with Crippen LogP contribution in [0.2, 0.25) is 0 Å². The smallest absolute Gasteiger partial charge is 0.337 e. The van der Waals surface area contributed by atoms with Gasteiger partial charge in [0.25, 0.3) is 0 Å². The number of halogens is 1. The maximum Gasteiger partial charge on any atom is 0.337 e. The quantitative estimate of drug-likeness (QED) is 0.441. The van der Waals surface area contributed by atoms with Crippen LogP contribution >= 0.6 is 0 Å². The lowest BCUT2D eigenvalue weighted by molar-refractivity contribution is -0.160. The van der Waals surface area contributed by atoms with Gasteiger partial charge in [0.15, 0.2) is 11.9 Å². The summed E-state index contributed by atoms with van der Waals surface area (Å²) in [5, 5.41) is 10.3. The molecule has 202 valence electrons. The molecule has 2 aromatic rings.